The molecule has 0 bridgehead atoms. The van der Waals surface area contributed by atoms with Gasteiger partial charge in [0, 0.05) is 16.5 Å². The van der Waals surface area contributed by atoms with Gasteiger partial charge in [-0.1, -0.05) is 6.92 Å². The van der Waals surface area contributed by atoms with E-state index in [1.807, 2.05) is 6.20 Å². The molecule has 2 atom stereocenters. The van der Waals surface area contributed by atoms with Crippen molar-refractivity contribution in [2.45, 2.75) is 51.2 Å². The van der Waals surface area contributed by atoms with Gasteiger partial charge in [-0.2, -0.15) is 5.10 Å². The molecule has 0 saturated carbocycles. The highest BCUT2D eigenvalue weighted by Crippen LogP contribution is 2.42. The van der Waals surface area contributed by atoms with E-state index in [0.29, 0.717) is 5.92 Å². The summed E-state index contributed by atoms with van der Waals surface area (Å²) in [5, 5.41) is 5.84. The summed E-state index contributed by atoms with van der Waals surface area (Å²) >= 11 is 3.82. The van der Waals surface area contributed by atoms with Crippen LogP contribution in [0.25, 0.3) is 10.9 Å². The van der Waals surface area contributed by atoms with Crippen molar-refractivity contribution < 1.29 is 4.74 Å². The van der Waals surface area contributed by atoms with Crippen LogP contribution in [-0.4, -0.2) is 16.4 Å². The van der Waals surface area contributed by atoms with Gasteiger partial charge in [0.2, 0.25) is 0 Å². The second-order valence-corrected chi connectivity index (χ2v) is 6.84. The quantitative estimate of drug-likeness (QED) is 0.765. The predicted octanol–water partition coefficient (Wildman–Crippen LogP) is 4.55. The van der Waals surface area contributed by atoms with Crippen molar-refractivity contribution in [3.8, 4) is 0 Å². The number of fused-ring (bicyclic) bond motifs is 2. The van der Waals surface area contributed by atoms with Crippen LogP contribution < -0.4 is 0 Å². The molecule has 1 aromatic heterocycles. The summed E-state index contributed by atoms with van der Waals surface area (Å²) in [4.78, 5) is 0. The van der Waals surface area contributed by atoms with E-state index < -0.39 is 0 Å². The van der Waals surface area contributed by atoms with Gasteiger partial charge in [-0.05, 0) is 71.1 Å². The monoisotopic (exact) mass is 334 g/mol. The molecule has 0 N–H and O–H groups in total. The van der Waals surface area contributed by atoms with Crippen molar-refractivity contribution in [3.05, 3.63) is 27.9 Å². The van der Waals surface area contributed by atoms with Crippen molar-refractivity contribution in [2.75, 3.05) is 6.61 Å². The normalized spacial score (nSPS) is 26.1. The fraction of sp³-hybridized carbons (Fsp3) is 0.562. The van der Waals surface area contributed by atoms with Crippen molar-refractivity contribution in [1.29, 1.82) is 0 Å². The molecule has 4 rings (SSSR count). The van der Waals surface area contributed by atoms with Gasteiger partial charge in [0.25, 0.3) is 0 Å². The number of hydrogen-bond donors (Lipinski definition) is 0. The first-order valence-corrected chi connectivity index (χ1v) is 8.35. The molecule has 2 aliphatic rings. The molecule has 106 valence electrons. The Morgan fingerprint density at radius 3 is 3.05 bits per heavy atom. The highest BCUT2D eigenvalue weighted by atomic mass is 79.9. The largest absolute Gasteiger partial charge is 0.356 e. The number of aromatic nitrogens is 2. The lowest BCUT2D eigenvalue weighted by atomic mass is 10.0. The van der Waals surface area contributed by atoms with Gasteiger partial charge in [-0.15, -0.1) is 0 Å². The van der Waals surface area contributed by atoms with Gasteiger partial charge in [0.15, 0.2) is 6.23 Å². The lowest BCUT2D eigenvalue weighted by molar-refractivity contribution is -0.0366. The third kappa shape index (κ3) is 1.85. The number of aryl methyl sites for hydroxylation is 1. The Kier molecular flexibility index (Phi) is 3.11. The summed E-state index contributed by atoms with van der Waals surface area (Å²) in [7, 11) is 0. The zero-order valence-electron chi connectivity index (χ0n) is 11.7. The molecule has 1 aliphatic heterocycles. The Morgan fingerprint density at radius 1 is 1.35 bits per heavy atom. The first kappa shape index (κ1) is 12.8. The average molecular weight is 335 g/mol. The van der Waals surface area contributed by atoms with E-state index in [0.717, 1.165) is 13.0 Å². The smallest absolute Gasteiger partial charge is 0.150 e. The SMILES string of the molecule is C[C@@H]1CCc2cc3c(cnn3C3CCCCO3)c(Br)c21. The van der Waals surface area contributed by atoms with Crippen LogP contribution in [0, 0.1) is 0 Å². The molecule has 1 aliphatic carbocycles. The van der Waals surface area contributed by atoms with Crippen LogP contribution in [0.3, 0.4) is 0 Å². The topological polar surface area (TPSA) is 27.1 Å². The summed E-state index contributed by atoms with van der Waals surface area (Å²) in [6, 6.07) is 2.34. The molecule has 1 saturated heterocycles. The molecular formula is C16H19BrN2O. The first-order chi connectivity index (χ1) is 9.75. The molecule has 3 nitrogen and oxygen atoms in total. The Balaban J connectivity index is 1.87. The highest BCUT2D eigenvalue weighted by molar-refractivity contribution is 9.10. The molecule has 0 spiro atoms. The second kappa shape index (κ2) is 4.85. The molecule has 20 heavy (non-hydrogen) atoms. The Labute approximate surface area is 127 Å². The van der Waals surface area contributed by atoms with E-state index in [-0.39, 0.29) is 6.23 Å². The van der Waals surface area contributed by atoms with E-state index in [2.05, 4.69) is 38.7 Å². The van der Waals surface area contributed by atoms with Crippen LogP contribution in [0.2, 0.25) is 0 Å². The lowest BCUT2D eigenvalue weighted by Crippen LogP contribution is -2.19. The third-order valence-electron chi connectivity index (χ3n) is 4.73. The standard InChI is InChI=1S/C16H19BrN2O/c1-10-5-6-11-8-13-12(16(17)15(10)11)9-18-19(13)14-4-2-3-7-20-14/h8-10,14H,2-7H2,1H3/t10-,14?/m1/s1. The van der Waals surface area contributed by atoms with Gasteiger partial charge in [-0.3, -0.25) is 0 Å². The molecule has 0 radical (unpaired) electrons. The lowest BCUT2D eigenvalue weighted by Gasteiger charge is -2.23. The minimum absolute atomic E-state index is 0.116. The second-order valence-electron chi connectivity index (χ2n) is 6.05. The number of benzene rings is 1. The molecular weight excluding hydrogens is 316 g/mol. The van der Waals surface area contributed by atoms with Gasteiger partial charge in [0.1, 0.15) is 0 Å². The molecule has 2 aromatic rings. The minimum Gasteiger partial charge on any atom is -0.356 e. The van der Waals surface area contributed by atoms with Crippen molar-refractivity contribution >= 4 is 26.8 Å². The number of halogens is 1. The van der Waals surface area contributed by atoms with Gasteiger partial charge in [0.05, 0.1) is 11.7 Å². The number of ether oxygens (including phenoxy) is 1. The maximum absolute atomic E-state index is 5.90. The third-order valence-corrected chi connectivity index (χ3v) is 5.59. The van der Waals surface area contributed by atoms with Crippen molar-refractivity contribution in [2.24, 2.45) is 0 Å². The van der Waals surface area contributed by atoms with E-state index in [1.54, 1.807) is 0 Å². The molecule has 2 heterocycles. The first-order valence-electron chi connectivity index (χ1n) is 7.56. The van der Waals surface area contributed by atoms with Crippen molar-refractivity contribution in [1.82, 2.24) is 9.78 Å². The maximum atomic E-state index is 5.90. The summed E-state index contributed by atoms with van der Waals surface area (Å²) in [5.41, 5.74) is 4.19. The van der Waals surface area contributed by atoms with E-state index >= 15 is 0 Å². The Bertz CT molecular complexity index is 658. The van der Waals surface area contributed by atoms with Crippen LogP contribution in [-0.2, 0) is 11.2 Å². The summed E-state index contributed by atoms with van der Waals surface area (Å²) in [6.45, 7) is 3.17. The number of hydrogen-bond acceptors (Lipinski definition) is 2. The predicted molar refractivity (Wildman–Crippen MR) is 83.0 cm³/mol. The molecule has 1 aromatic carbocycles. The molecule has 0 amide bonds. The fourth-order valence-corrected chi connectivity index (χ4v) is 4.57. The Hall–Kier alpha value is -0.870. The summed E-state index contributed by atoms with van der Waals surface area (Å²) < 4.78 is 9.23. The zero-order valence-corrected chi connectivity index (χ0v) is 13.3. The fourth-order valence-electron chi connectivity index (χ4n) is 3.62. The number of nitrogens with zero attached hydrogens (tertiary/aromatic N) is 2. The number of rotatable bonds is 1. The van der Waals surface area contributed by atoms with Crippen LogP contribution in [0.15, 0.2) is 16.7 Å². The van der Waals surface area contributed by atoms with Gasteiger partial charge >= 0.3 is 0 Å². The van der Waals surface area contributed by atoms with E-state index in [1.165, 1.54) is 52.2 Å². The average Bonchev–Trinajstić information content (AvgIpc) is 3.05. The van der Waals surface area contributed by atoms with Crippen LogP contribution in [0.1, 0.15) is 55.9 Å². The van der Waals surface area contributed by atoms with Crippen molar-refractivity contribution in [3.63, 3.8) is 0 Å². The van der Waals surface area contributed by atoms with E-state index in [4.69, 9.17) is 4.74 Å². The molecule has 1 unspecified atom stereocenters. The zero-order chi connectivity index (χ0) is 13.7. The molecule has 1 fully saturated rings. The van der Waals surface area contributed by atoms with Crippen LogP contribution >= 0.6 is 15.9 Å². The highest BCUT2D eigenvalue weighted by Gasteiger charge is 2.26. The van der Waals surface area contributed by atoms with Crippen LogP contribution in [0.4, 0.5) is 0 Å². The minimum atomic E-state index is 0.116. The van der Waals surface area contributed by atoms with Gasteiger partial charge in [-0.25, -0.2) is 4.68 Å². The summed E-state index contributed by atoms with van der Waals surface area (Å²) in [6.07, 6.45) is 8.02. The summed E-state index contributed by atoms with van der Waals surface area (Å²) in [5.74, 6) is 0.651. The Morgan fingerprint density at radius 2 is 2.25 bits per heavy atom. The van der Waals surface area contributed by atoms with Gasteiger partial charge < -0.3 is 4.74 Å². The maximum Gasteiger partial charge on any atom is 0.150 e. The molecule has 4 heteroatoms. The van der Waals surface area contributed by atoms with Crippen LogP contribution in [0.5, 0.6) is 0 Å². The van der Waals surface area contributed by atoms with E-state index in [9.17, 15) is 0 Å².